The summed E-state index contributed by atoms with van der Waals surface area (Å²) in [6.07, 6.45) is 0. The van der Waals surface area contributed by atoms with Gasteiger partial charge in [0.15, 0.2) is 5.11 Å². The molecular weight excluding hydrogens is 404 g/mol. The number of nitrogens with one attached hydrogen (secondary N) is 2. The first-order valence-electron chi connectivity index (χ1n) is 9.05. The van der Waals surface area contributed by atoms with Gasteiger partial charge < -0.3 is 19.9 Å². The molecule has 146 valence electrons. The van der Waals surface area contributed by atoms with Gasteiger partial charge in [0.05, 0.1) is 30.4 Å². The molecule has 0 saturated carbocycles. The van der Waals surface area contributed by atoms with Crippen LogP contribution >= 0.6 is 23.8 Å². The van der Waals surface area contributed by atoms with Crippen LogP contribution in [0.1, 0.15) is 5.56 Å². The molecule has 7 heteroatoms. The highest BCUT2D eigenvalue weighted by Gasteiger charge is 2.13. The van der Waals surface area contributed by atoms with Crippen molar-refractivity contribution >= 4 is 51.6 Å². The average Bonchev–Trinajstić information content (AvgIpc) is 3.06. The van der Waals surface area contributed by atoms with Gasteiger partial charge in [0, 0.05) is 5.02 Å². The summed E-state index contributed by atoms with van der Waals surface area (Å²) in [5.74, 6) is 1.31. The third-order valence-electron chi connectivity index (χ3n) is 4.47. The van der Waals surface area contributed by atoms with Crippen molar-refractivity contribution in [3.05, 3.63) is 83.4 Å². The summed E-state index contributed by atoms with van der Waals surface area (Å²) in [4.78, 5) is 4.72. The minimum Gasteiger partial charge on any atom is -0.495 e. The second-order valence-electron chi connectivity index (χ2n) is 6.42. The second kappa shape index (κ2) is 8.51. The monoisotopic (exact) mass is 422 g/mol. The number of thiocarbonyl (C=S) groups is 1. The maximum atomic E-state index is 6.11. The van der Waals surface area contributed by atoms with E-state index in [2.05, 4.69) is 27.3 Å². The molecule has 1 aromatic heterocycles. The van der Waals surface area contributed by atoms with Crippen molar-refractivity contribution in [1.29, 1.82) is 0 Å². The molecule has 4 aromatic rings. The number of rotatable bonds is 5. The van der Waals surface area contributed by atoms with E-state index in [0.717, 1.165) is 11.0 Å². The van der Waals surface area contributed by atoms with Gasteiger partial charge in [-0.3, -0.25) is 0 Å². The lowest BCUT2D eigenvalue weighted by Gasteiger charge is -2.15. The number of halogens is 1. The van der Waals surface area contributed by atoms with E-state index in [-0.39, 0.29) is 0 Å². The number of para-hydroxylation sites is 2. The van der Waals surface area contributed by atoms with Gasteiger partial charge in [0.25, 0.3) is 0 Å². The number of ether oxygens (including phenoxy) is 1. The highest BCUT2D eigenvalue weighted by Crippen LogP contribution is 2.28. The Bertz CT molecular complexity index is 1160. The Kier molecular flexibility index (Phi) is 5.64. The first-order chi connectivity index (χ1) is 14.1. The summed E-state index contributed by atoms with van der Waals surface area (Å²) in [6.45, 7) is 0.673. The van der Waals surface area contributed by atoms with E-state index in [9.17, 15) is 0 Å². The first-order valence-corrected chi connectivity index (χ1v) is 9.83. The van der Waals surface area contributed by atoms with Crippen molar-refractivity contribution in [3.8, 4) is 5.75 Å². The van der Waals surface area contributed by atoms with Gasteiger partial charge in [-0.25, -0.2) is 4.98 Å². The number of methoxy groups -OCH3 is 1. The average molecular weight is 423 g/mol. The Hall–Kier alpha value is -3.09. The molecule has 1 heterocycles. The molecule has 0 atom stereocenters. The quantitative estimate of drug-likeness (QED) is 0.412. The van der Waals surface area contributed by atoms with Crippen LogP contribution in [0.2, 0.25) is 5.02 Å². The van der Waals surface area contributed by atoms with Crippen LogP contribution in [0.5, 0.6) is 5.75 Å². The lowest BCUT2D eigenvalue weighted by Crippen LogP contribution is -2.22. The van der Waals surface area contributed by atoms with Crippen LogP contribution in [0.15, 0.2) is 72.8 Å². The lowest BCUT2D eigenvalue weighted by molar-refractivity contribution is 0.417. The van der Waals surface area contributed by atoms with E-state index in [1.165, 1.54) is 5.56 Å². The maximum Gasteiger partial charge on any atom is 0.210 e. The molecule has 0 radical (unpaired) electrons. The van der Waals surface area contributed by atoms with E-state index >= 15 is 0 Å². The van der Waals surface area contributed by atoms with Gasteiger partial charge in [-0.05, 0) is 48.1 Å². The molecule has 5 nitrogen and oxygen atoms in total. The number of nitrogens with zero attached hydrogens (tertiary/aromatic N) is 2. The van der Waals surface area contributed by atoms with Crippen molar-refractivity contribution in [1.82, 2.24) is 9.55 Å². The number of hydrogen-bond acceptors (Lipinski definition) is 3. The van der Waals surface area contributed by atoms with Crippen molar-refractivity contribution in [2.75, 3.05) is 17.7 Å². The highest BCUT2D eigenvalue weighted by molar-refractivity contribution is 7.80. The number of aromatic nitrogens is 2. The summed E-state index contributed by atoms with van der Waals surface area (Å²) in [6, 6.07) is 23.6. The molecule has 0 unspecified atom stereocenters. The summed E-state index contributed by atoms with van der Waals surface area (Å²) in [5.41, 5.74) is 3.79. The Morgan fingerprint density at radius 3 is 2.59 bits per heavy atom. The largest absolute Gasteiger partial charge is 0.495 e. The Labute approximate surface area is 179 Å². The molecule has 4 rings (SSSR count). The summed E-state index contributed by atoms with van der Waals surface area (Å²) in [5, 5.41) is 7.35. The molecular formula is C22H19ClN4OS. The highest BCUT2D eigenvalue weighted by atomic mass is 35.5. The van der Waals surface area contributed by atoms with Gasteiger partial charge in [0.1, 0.15) is 5.75 Å². The Morgan fingerprint density at radius 1 is 1.03 bits per heavy atom. The van der Waals surface area contributed by atoms with E-state index in [0.29, 0.717) is 34.1 Å². The fraction of sp³-hybridized carbons (Fsp3) is 0.0909. The molecule has 0 aliphatic carbocycles. The Morgan fingerprint density at radius 2 is 1.79 bits per heavy atom. The van der Waals surface area contributed by atoms with Crippen LogP contribution in [0.3, 0.4) is 0 Å². The van der Waals surface area contributed by atoms with Crippen molar-refractivity contribution in [2.45, 2.75) is 6.54 Å². The van der Waals surface area contributed by atoms with E-state index in [1.54, 1.807) is 25.3 Å². The van der Waals surface area contributed by atoms with E-state index in [1.807, 2.05) is 42.5 Å². The van der Waals surface area contributed by atoms with E-state index < -0.39 is 0 Å². The van der Waals surface area contributed by atoms with Gasteiger partial charge in [0.2, 0.25) is 5.95 Å². The summed E-state index contributed by atoms with van der Waals surface area (Å²) < 4.78 is 7.48. The van der Waals surface area contributed by atoms with Crippen LogP contribution in [0.4, 0.5) is 11.6 Å². The smallest absolute Gasteiger partial charge is 0.210 e. The normalized spacial score (nSPS) is 10.7. The van der Waals surface area contributed by atoms with Crippen LogP contribution in [0.25, 0.3) is 11.0 Å². The number of hydrogen-bond donors (Lipinski definition) is 2. The standard InChI is InChI=1S/C22H19ClN4OS/c1-28-20-12-11-16(23)13-18(20)25-22(29)26-21-24-17-9-5-6-10-19(17)27(21)14-15-7-3-2-4-8-15/h2-13H,14H2,1H3,(H2,24,25,26,29). The third-order valence-corrected chi connectivity index (χ3v) is 4.91. The second-order valence-corrected chi connectivity index (χ2v) is 7.26. The molecule has 0 aliphatic heterocycles. The zero-order valence-corrected chi connectivity index (χ0v) is 17.3. The van der Waals surface area contributed by atoms with Gasteiger partial charge in [-0.1, -0.05) is 54.1 Å². The van der Waals surface area contributed by atoms with Crippen molar-refractivity contribution in [2.24, 2.45) is 0 Å². The molecule has 0 amide bonds. The maximum absolute atomic E-state index is 6.11. The number of fused-ring (bicyclic) bond motifs is 1. The number of anilines is 2. The van der Waals surface area contributed by atoms with Gasteiger partial charge >= 0.3 is 0 Å². The fourth-order valence-corrected chi connectivity index (χ4v) is 3.50. The van der Waals surface area contributed by atoms with Crippen LogP contribution in [0, 0.1) is 0 Å². The van der Waals surface area contributed by atoms with Crippen LogP contribution in [-0.4, -0.2) is 21.8 Å². The first kappa shape index (κ1) is 19.2. The fourth-order valence-electron chi connectivity index (χ4n) is 3.13. The van der Waals surface area contributed by atoms with Crippen LogP contribution < -0.4 is 15.4 Å². The molecule has 0 bridgehead atoms. The number of benzene rings is 3. The van der Waals surface area contributed by atoms with Crippen molar-refractivity contribution in [3.63, 3.8) is 0 Å². The minimum atomic E-state index is 0.398. The predicted octanol–water partition coefficient (Wildman–Crippen LogP) is 5.56. The molecule has 3 aromatic carbocycles. The minimum absolute atomic E-state index is 0.398. The summed E-state index contributed by atoms with van der Waals surface area (Å²) in [7, 11) is 1.60. The predicted molar refractivity (Wildman–Crippen MR) is 123 cm³/mol. The zero-order chi connectivity index (χ0) is 20.2. The Balaban J connectivity index is 1.63. The van der Waals surface area contributed by atoms with E-state index in [4.69, 9.17) is 33.5 Å². The molecule has 2 N–H and O–H groups in total. The topological polar surface area (TPSA) is 51.1 Å². The van der Waals surface area contributed by atoms with Gasteiger partial charge in [-0.2, -0.15) is 0 Å². The zero-order valence-electron chi connectivity index (χ0n) is 15.7. The molecule has 0 aliphatic rings. The molecule has 0 fully saturated rings. The molecule has 0 spiro atoms. The molecule has 0 saturated heterocycles. The van der Waals surface area contributed by atoms with Crippen LogP contribution in [-0.2, 0) is 6.54 Å². The summed E-state index contributed by atoms with van der Waals surface area (Å²) >= 11 is 11.6. The van der Waals surface area contributed by atoms with Crippen molar-refractivity contribution < 1.29 is 4.74 Å². The third kappa shape index (κ3) is 4.34. The lowest BCUT2D eigenvalue weighted by atomic mass is 10.2. The number of imidazole rings is 1. The molecule has 29 heavy (non-hydrogen) atoms. The van der Waals surface area contributed by atoms with Gasteiger partial charge in [-0.15, -0.1) is 0 Å². The SMILES string of the molecule is COc1ccc(Cl)cc1NC(=S)Nc1nc2ccccc2n1Cc1ccccc1.